The summed E-state index contributed by atoms with van der Waals surface area (Å²) in [6, 6.07) is 24.1. The first-order chi connectivity index (χ1) is 15.0. The SMILES string of the molecule is CC/C(=C\c1ccc(N(Cc2ccc(OC)cc2)C(=O)c2ccccc2)cc1)C(=O)O. The van der Waals surface area contributed by atoms with Crippen LogP contribution in [0.4, 0.5) is 5.69 Å². The van der Waals surface area contributed by atoms with E-state index in [0.717, 1.165) is 22.6 Å². The third kappa shape index (κ3) is 5.60. The molecule has 0 radical (unpaired) electrons. The lowest BCUT2D eigenvalue weighted by molar-refractivity contribution is -0.132. The van der Waals surface area contributed by atoms with Gasteiger partial charge in [0.05, 0.1) is 13.7 Å². The molecule has 0 fully saturated rings. The number of carbonyl (C=O) groups excluding carboxylic acids is 1. The van der Waals surface area contributed by atoms with Crippen molar-refractivity contribution in [2.24, 2.45) is 0 Å². The molecule has 0 saturated carbocycles. The van der Waals surface area contributed by atoms with Crippen LogP contribution in [0.1, 0.15) is 34.8 Å². The Morgan fingerprint density at radius 2 is 1.58 bits per heavy atom. The number of anilines is 1. The average molecular weight is 415 g/mol. The van der Waals surface area contributed by atoms with Gasteiger partial charge in [-0.25, -0.2) is 4.79 Å². The number of carbonyl (C=O) groups is 2. The minimum absolute atomic E-state index is 0.112. The lowest BCUT2D eigenvalue weighted by atomic mass is 10.1. The molecule has 0 atom stereocenters. The van der Waals surface area contributed by atoms with Gasteiger partial charge in [0.25, 0.3) is 5.91 Å². The van der Waals surface area contributed by atoms with Crippen molar-refractivity contribution >= 4 is 23.6 Å². The second-order valence-electron chi connectivity index (χ2n) is 7.03. The zero-order chi connectivity index (χ0) is 22.2. The third-order valence-corrected chi connectivity index (χ3v) is 4.97. The van der Waals surface area contributed by atoms with E-state index in [1.54, 1.807) is 30.2 Å². The maximum atomic E-state index is 13.3. The number of aliphatic carboxylic acids is 1. The molecule has 1 N–H and O–H groups in total. The molecule has 31 heavy (non-hydrogen) atoms. The van der Waals surface area contributed by atoms with Crippen LogP contribution in [0.2, 0.25) is 0 Å². The van der Waals surface area contributed by atoms with Crippen LogP contribution in [-0.4, -0.2) is 24.1 Å². The zero-order valence-corrected chi connectivity index (χ0v) is 17.6. The van der Waals surface area contributed by atoms with E-state index < -0.39 is 5.97 Å². The lowest BCUT2D eigenvalue weighted by Crippen LogP contribution is -2.30. The fraction of sp³-hybridized carbons (Fsp3) is 0.154. The summed E-state index contributed by atoms with van der Waals surface area (Å²) in [5.74, 6) is -0.280. The number of hydrogen-bond acceptors (Lipinski definition) is 3. The van der Waals surface area contributed by atoms with Crippen molar-refractivity contribution in [2.75, 3.05) is 12.0 Å². The van der Waals surface area contributed by atoms with Crippen LogP contribution >= 0.6 is 0 Å². The molecule has 3 rings (SSSR count). The van der Waals surface area contributed by atoms with Crippen molar-refractivity contribution in [3.63, 3.8) is 0 Å². The summed E-state index contributed by atoms with van der Waals surface area (Å²) in [5.41, 5.74) is 3.41. The normalized spacial score (nSPS) is 11.1. The van der Waals surface area contributed by atoms with Gasteiger partial charge in [-0.1, -0.05) is 49.4 Å². The van der Waals surface area contributed by atoms with Crippen molar-refractivity contribution in [3.05, 3.63) is 101 Å². The number of methoxy groups -OCH3 is 1. The fourth-order valence-corrected chi connectivity index (χ4v) is 3.20. The molecule has 0 heterocycles. The van der Waals surface area contributed by atoms with Gasteiger partial charge in [0.15, 0.2) is 0 Å². The van der Waals surface area contributed by atoms with Gasteiger partial charge in [-0.05, 0) is 60.0 Å². The molecule has 3 aromatic rings. The number of benzene rings is 3. The second kappa shape index (κ2) is 10.3. The summed E-state index contributed by atoms with van der Waals surface area (Å²) in [5, 5.41) is 9.25. The molecular weight excluding hydrogens is 390 g/mol. The summed E-state index contributed by atoms with van der Waals surface area (Å²) < 4.78 is 5.22. The number of carboxylic acid groups (broad SMARTS) is 1. The number of hydrogen-bond donors (Lipinski definition) is 1. The minimum atomic E-state index is -0.924. The highest BCUT2D eigenvalue weighted by Gasteiger charge is 2.18. The summed E-state index contributed by atoms with van der Waals surface area (Å²) in [7, 11) is 1.62. The summed E-state index contributed by atoms with van der Waals surface area (Å²) in [6.45, 7) is 2.20. The first-order valence-electron chi connectivity index (χ1n) is 10.1. The van der Waals surface area contributed by atoms with E-state index in [2.05, 4.69) is 0 Å². The van der Waals surface area contributed by atoms with E-state index in [-0.39, 0.29) is 5.91 Å². The van der Waals surface area contributed by atoms with Crippen molar-refractivity contribution in [3.8, 4) is 5.75 Å². The minimum Gasteiger partial charge on any atom is -0.497 e. The first-order valence-corrected chi connectivity index (χ1v) is 10.1. The summed E-state index contributed by atoms with van der Waals surface area (Å²) in [4.78, 5) is 26.3. The molecule has 1 amide bonds. The maximum absolute atomic E-state index is 13.3. The Morgan fingerprint density at radius 1 is 0.935 bits per heavy atom. The highest BCUT2D eigenvalue weighted by atomic mass is 16.5. The van der Waals surface area contributed by atoms with Crippen LogP contribution in [0.15, 0.2) is 84.4 Å². The number of ether oxygens (including phenoxy) is 1. The van der Waals surface area contributed by atoms with Gasteiger partial charge in [0.1, 0.15) is 5.75 Å². The van der Waals surface area contributed by atoms with Gasteiger partial charge in [-0.2, -0.15) is 0 Å². The Bertz CT molecular complexity index is 1050. The van der Waals surface area contributed by atoms with Crippen molar-refractivity contribution in [1.29, 1.82) is 0 Å². The van der Waals surface area contributed by atoms with E-state index in [9.17, 15) is 14.7 Å². The van der Waals surface area contributed by atoms with Crippen LogP contribution in [-0.2, 0) is 11.3 Å². The average Bonchev–Trinajstić information content (AvgIpc) is 2.82. The molecule has 5 nitrogen and oxygen atoms in total. The molecule has 158 valence electrons. The Hall–Kier alpha value is -3.86. The van der Waals surface area contributed by atoms with Gasteiger partial charge < -0.3 is 14.7 Å². The molecule has 3 aromatic carbocycles. The van der Waals surface area contributed by atoms with Crippen LogP contribution in [0.5, 0.6) is 5.75 Å². The highest BCUT2D eigenvalue weighted by molar-refractivity contribution is 6.06. The fourth-order valence-electron chi connectivity index (χ4n) is 3.20. The molecule has 0 saturated heterocycles. The predicted molar refractivity (Wildman–Crippen MR) is 122 cm³/mol. The third-order valence-electron chi connectivity index (χ3n) is 4.97. The molecule has 0 unspecified atom stereocenters. The van der Waals surface area contributed by atoms with Crippen LogP contribution in [0.3, 0.4) is 0 Å². The first kappa shape index (κ1) is 21.8. The van der Waals surface area contributed by atoms with Crippen LogP contribution < -0.4 is 9.64 Å². The number of nitrogens with zero attached hydrogens (tertiary/aromatic N) is 1. The largest absolute Gasteiger partial charge is 0.497 e. The number of rotatable bonds is 8. The molecule has 5 heteroatoms. The Balaban J connectivity index is 1.93. The Kier molecular flexibility index (Phi) is 7.22. The molecule has 0 spiro atoms. The maximum Gasteiger partial charge on any atom is 0.331 e. The van der Waals surface area contributed by atoms with Crippen LogP contribution in [0.25, 0.3) is 6.08 Å². The molecule has 0 aliphatic heterocycles. The van der Waals surface area contributed by atoms with Gasteiger partial charge >= 0.3 is 5.97 Å². The standard InChI is InChI=1S/C26H25NO4/c1-3-21(26(29)30)17-19-9-13-23(14-10-19)27(25(28)22-7-5-4-6-8-22)18-20-11-15-24(31-2)16-12-20/h4-17H,3,18H2,1-2H3,(H,29,30)/b21-17+. The van der Waals surface area contributed by atoms with E-state index in [1.807, 2.05) is 73.7 Å². The molecule has 0 aliphatic carbocycles. The summed E-state index contributed by atoms with van der Waals surface area (Å²) in [6.07, 6.45) is 2.09. The predicted octanol–water partition coefficient (Wildman–Crippen LogP) is 5.42. The van der Waals surface area contributed by atoms with E-state index in [0.29, 0.717) is 24.1 Å². The monoisotopic (exact) mass is 415 g/mol. The Morgan fingerprint density at radius 3 is 2.13 bits per heavy atom. The molecule has 0 bridgehead atoms. The highest BCUT2D eigenvalue weighted by Crippen LogP contribution is 2.23. The van der Waals surface area contributed by atoms with Crippen molar-refractivity contribution in [1.82, 2.24) is 0 Å². The second-order valence-corrected chi connectivity index (χ2v) is 7.03. The topological polar surface area (TPSA) is 66.8 Å². The molecule has 0 aromatic heterocycles. The van der Waals surface area contributed by atoms with E-state index in [1.165, 1.54) is 0 Å². The number of carboxylic acids is 1. The quantitative estimate of drug-likeness (QED) is 0.499. The zero-order valence-electron chi connectivity index (χ0n) is 17.6. The smallest absolute Gasteiger partial charge is 0.331 e. The molecule has 0 aliphatic rings. The lowest BCUT2D eigenvalue weighted by Gasteiger charge is -2.23. The summed E-state index contributed by atoms with van der Waals surface area (Å²) >= 11 is 0. The number of amides is 1. The van der Waals surface area contributed by atoms with Crippen LogP contribution in [0, 0.1) is 0 Å². The van der Waals surface area contributed by atoms with Gasteiger partial charge in [-0.3, -0.25) is 4.79 Å². The van der Waals surface area contributed by atoms with E-state index >= 15 is 0 Å². The van der Waals surface area contributed by atoms with Gasteiger partial charge in [0.2, 0.25) is 0 Å². The molecular formula is C26H25NO4. The van der Waals surface area contributed by atoms with Crippen molar-refractivity contribution < 1.29 is 19.4 Å². The van der Waals surface area contributed by atoms with Gasteiger partial charge in [-0.15, -0.1) is 0 Å². The van der Waals surface area contributed by atoms with Gasteiger partial charge in [0, 0.05) is 16.8 Å². The Labute approximate surface area is 182 Å². The van der Waals surface area contributed by atoms with E-state index in [4.69, 9.17) is 4.74 Å². The van der Waals surface area contributed by atoms with Crippen molar-refractivity contribution in [2.45, 2.75) is 19.9 Å².